The van der Waals surface area contributed by atoms with Gasteiger partial charge in [-0.15, -0.1) is 11.3 Å². The average molecular weight is 240 g/mol. The highest BCUT2D eigenvalue weighted by Gasteiger charge is 2.42. The van der Waals surface area contributed by atoms with Crippen LogP contribution >= 0.6 is 11.3 Å². The Morgan fingerprint density at radius 2 is 2.38 bits per heavy atom. The Morgan fingerprint density at radius 3 is 2.81 bits per heavy atom. The van der Waals surface area contributed by atoms with Gasteiger partial charge in [0.1, 0.15) is 0 Å². The Morgan fingerprint density at radius 1 is 1.69 bits per heavy atom. The molecular formula is C10H12N2O3S. The maximum atomic E-state index is 11.7. The Hall–Kier alpha value is -1.43. The summed E-state index contributed by atoms with van der Waals surface area (Å²) in [6.07, 6.45) is 1.75. The van der Waals surface area contributed by atoms with E-state index < -0.39 is 11.9 Å². The summed E-state index contributed by atoms with van der Waals surface area (Å²) in [4.78, 5) is 29.3. The topological polar surface area (TPSA) is 70.5 Å². The first-order valence-electron chi connectivity index (χ1n) is 4.98. The van der Waals surface area contributed by atoms with Crippen molar-refractivity contribution in [1.82, 2.24) is 4.98 Å². The normalized spacial score (nSPS) is 25.1. The third-order valence-electron chi connectivity index (χ3n) is 2.79. The lowest BCUT2D eigenvalue weighted by atomic mass is 10.0. The molecule has 2 heterocycles. The largest absolute Gasteiger partial charge is 0.481 e. The van der Waals surface area contributed by atoms with Gasteiger partial charge in [-0.3, -0.25) is 14.5 Å². The van der Waals surface area contributed by atoms with Crippen molar-refractivity contribution < 1.29 is 14.7 Å². The quantitative estimate of drug-likeness (QED) is 0.845. The minimum absolute atomic E-state index is 0.0646. The van der Waals surface area contributed by atoms with E-state index in [0.29, 0.717) is 5.13 Å². The lowest BCUT2D eigenvalue weighted by Gasteiger charge is -2.20. The van der Waals surface area contributed by atoms with Crippen molar-refractivity contribution in [3.63, 3.8) is 0 Å². The van der Waals surface area contributed by atoms with Crippen molar-refractivity contribution in [3.8, 4) is 0 Å². The number of aromatic nitrogens is 1. The molecule has 0 spiro atoms. The molecule has 1 aliphatic heterocycles. The number of thiazole rings is 1. The van der Waals surface area contributed by atoms with E-state index in [9.17, 15) is 9.59 Å². The molecule has 1 aromatic rings. The van der Waals surface area contributed by atoms with Gasteiger partial charge in [0.25, 0.3) is 0 Å². The fourth-order valence-corrected chi connectivity index (χ4v) is 2.76. The SMILES string of the molecule is Cc1cnc(N2C(=O)C[C@H](C(=O)O)[C@H]2C)s1. The molecule has 1 amide bonds. The molecular weight excluding hydrogens is 228 g/mol. The molecule has 0 saturated carbocycles. The van der Waals surface area contributed by atoms with Crippen LogP contribution in [0, 0.1) is 12.8 Å². The number of carboxylic acids is 1. The first-order chi connectivity index (χ1) is 7.50. The third-order valence-corrected chi connectivity index (χ3v) is 3.70. The predicted octanol–water partition coefficient (Wildman–Crippen LogP) is 1.28. The van der Waals surface area contributed by atoms with Crippen LogP contribution in [0.3, 0.4) is 0 Å². The lowest BCUT2D eigenvalue weighted by molar-refractivity contribution is -0.142. The number of rotatable bonds is 2. The van der Waals surface area contributed by atoms with Crippen molar-refractivity contribution in [2.24, 2.45) is 5.92 Å². The molecule has 86 valence electrons. The summed E-state index contributed by atoms with van der Waals surface area (Å²) in [7, 11) is 0. The van der Waals surface area contributed by atoms with Gasteiger partial charge in [0.15, 0.2) is 5.13 Å². The first kappa shape index (κ1) is 11.1. The second-order valence-electron chi connectivity index (χ2n) is 3.91. The Bertz CT molecular complexity index is 443. The monoisotopic (exact) mass is 240 g/mol. The first-order valence-corrected chi connectivity index (χ1v) is 5.79. The Labute approximate surface area is 96.7 Å². The number of nitrogens with zero attached hydrogens (tertiary/aromatic N) is 2. The van der Waals surface area contributed by atoms with E-state index in [4.69, 9.17) is 5.11 Å². The highest BCUT2D eigenvalue weighted by molar-refractivity contribution is 7.15. The molecule has 0 aliphatic carbocycles. The van der Waals surface area contributed by atoms with Crippen molar-refractivity contribution >= 4 is 28.3 Å². The maximum absolute atomic E-state index is 11.7. The van der Waals surface area contributed by atoms with Gasteiger partial charge in [-0.2, -0.15) is 0 Å². The molecule has 6 heteroatoms. The molecule has 1 aromatic heterocycles. The Kier molecular flexibility index (Phi) is 2.67. The number of carboxylic acid groups (broad SMARTS) is 1. The number of amides is 1. The van der Waals surface area contributed by atoms with Gasteiger partial charge in [-0.05, 0) is 13.8 Å². The molecule has 2 rings (SSSR count). The van der Waals surface area contributed by atoms with Crippen LogP contribution in [-0.2, 0) is 9.59 Å². The molecule has 5 nitrogen and oxygen atoms in total. The van der Waals surface area contributed by atoms with Gasteiger partial charge < -0.3 is 5.11 Å². The van der Waals surface area contributed by atoms with Gasteiger partial charge in [-0.1, -0.05) is 0 Å². The zero-order chi connectivity index (χ0) is 11.9. The van der Waals surface area contributed by atoms with Crippen LogP contribution in [0.25, 0.3) is 0 Å². The Balaban J connectivity index is 2.29. The average Bonchev–Trinajstić information content (AvgIpc) is 2.71. The molecule has 16 heavy (non-hydrogen) atoms. The summed E-state index contributed by atoms with van der Waals surface area (Å²) < 4.78 is 0. The molecule has 1 N–H and O–H groups in total. The zero-order valence-electron chi connectivity index (χ0n) is 9.01. The van der Waals surface area contributed by atoms with Gasteiger partial charge in [0.2, 0.25) is 5.91 Å². The van der Waals surface area contributed by atoms with Crippen LogP contribution in [0.15, 0.2) is 6.20 Å². The van der Waals surface area contributed by atoms with Gasteiger partial charge in [0, 0.05) is 17.5 Å². The second kappa shape index (κ2) is 3.86. The van der Waals surface area contributed by atoms with Crippen LogP contribution in [0.5, 0.6) is 0 Å². The molecule has 0 aromatic carbocycles. The minimum atomic E-state index is -0.920. The summed E-state index contributed by atoms with van der Waals surface area (Å²) in [6, 6.07) is -0.324. The molecule has 1 aliphatic rings. The van der Waals surface area contributed by atoms with Crippen molar-refractivity contribution in [2.75, 3.05) is 4.90 Å². The number of aliphatic carboxylic acids is 1. The zero-order valence-corrected chi connectivity index (χ0v) is 9.82. The lowest BCUT2D eigenvalue weighted by Crippen LogP contribution is -2.34. The molecule has 2 atom stereocenters. The van der Waals surface area contributed by atoms with E-state index in [-0.39, 0.29) is 18.4 Å². The van der Waals surface area contributed by atoms with Crippen LogP contribution in [0.2, 0.25) is 0 Å². The van der Waals surface area contributed by atoms with Gasteiger partial charge >= 0.3 is 5.97 Å². The van der Waals surface area contributed by atoms with Crippen LogP contribution in [0.4, 0.5) is 5.13 Å². The molecule has 0 unspecified atom stereocenters. The van der Waals surface area contributed by atoms with E-state index in [1.165, 1.54) is 16.2 Å². The van der Waals surface area contributed by atoms with Crippen LogP contribution in [-0.4, -0.2) is 28.0 Å². The summed E-state index contributed by atoms with van der Waals surface area (Å²) in [5.74, 6) is -1.71. The molecule has 0 bridgehead atoms. The van der Waals surface area contributed by atoms with Gasteiger partial charge in [-0.25, -0.2) is 4.98 Å². The minimum Gasteiger partial charge on any atom is -0.481 e. The highest BCUT2D eigenvalue weighted by Crippen LogP contribution is 2.33. The number of hydrogen-bond donors (Lipinski definition) is 1. The van der Waals surface area contributed by atoms with E-state index in [1.54, 1.807) is 13.1 Å². The number of carbonyl (C=O) groups excluding carboxylic acids is 1. The summed E-state index contributed by atoms with van der Waals surface area (Å²) in [5, 5.41) is 9.57. The maximum Gasteiger partial charge on any atom is 0.309 e. The molecule has 0 radical (unpaired) electrons. The van der Waals surface area contributed by atoms with E-state index in [2.05, 4.69) is 4.98 Å². The molecule has 1 saturated heterocycles. The van der Waals surface area contributed by atoms with Crippen molar-refractivity contribution in [1.29, 1.82) is 0 Å². The van der Waals surface area contributed by atoms with E-state index in [1.807, 2.05) is 6.92 Å². The number of aryl methyl sites for hydroxylation is 1. The van der Waals surface area contributed by atoms with E-state index in [0.717, 1.165) is 4.88 Å². The second-order valence-corrected chi connectivity index (χ2v) is 5.12. The third kappa shape index (κ3) is 1.69. The predicted molar refractivity (Wildman–Crippen MR) is 59.5 cm³/mol. The van der Waals surface area contributed by atoms with Gasteiger partial charge in [0.05, 0.1) is 12.0 Å². The number of anilines is 1. The van der Waals surface area contributed by atoms with E-state index >= 15 is 0 Å². The summed E-state index contributed by atoms with van der Waals surface area (Å²) >= 11 is 1.41. The fourth-order valence-electron chi connectivity index (χ4n) is 1.89. The van der Waals surface area contributed by atoms with Crippen LogP contribution < -0.4 is 4.90 Å². The smallest absolute Gasteiger partial charge is 0.309 e. The van der Waals surface area contributed by atoms with Crippen LogP contribution in [0.1, 0.15) is 18.2 Å². The summed E-state index contributed by atoms with van der Waals surface area (Å²) in [5.41, 5.74) is 0. The summed E-state index contributed by atoms with van der Waals surface area (Å²) in [6.45, 7) is 3.65. The van der Waals surface area contributed by atoms with Crippen molar-refractivity contribution in [3.05, 3.63) is 11.1 Å². The number of hydrogen-bond acceptors (Lipinski definition) is 4. The van der Waals surface area contributed by atoms with Crippen molar-refractivity contribution in [2.45, 2.75) is 26.3 Å². The standard InChI is InChI=1S/C10H12N2O3S/c1-5-4-11-10(16-5)12-6(2)7(9(14)15)3-8(12)13/h4,6-7H,3H2,1-2H3,(H,14,15)/t6-,7+/m1/s1. The number of carbonyl (C=O) groups is 2. The fraction of sp³-hybridized carbons (Fsp3) is 0.500. The highest BCUT2D eigenvalue weighted by atomic mass is 32.1. The molecule has 1 fully saturated rings.